The van der Waals surface area contributed by atoms with Gasteiger partial charge in [0.1, 0.15) is 0 Å². The Morgan fingerprint density at radius 1 is 1.11 bits per heavy atom. The van der Waals surface area contributed by atoms with Gasteiger partial charge in [0.15, 0.2) is 0 Å². The monoisotopic (exact) mass is 394 g/mol. The van der Waals surface area contributed by atoms with Crippen LogP contribution in [-0.4, -0.2) is 10.7 Å². The second kappa shape index (κ2) is 7.91. The Morgan fingerprint density at radius 3 is 2.11 bits per heavy atom. The summed E-state index contributed by atoms with van der Waals surface area (Å²) in [5.41, 5.74) is 1.55. The van der Waals surface area contributed by atoms with Crippen molar-refractivity contribution in [3.8, 4) is 0 Å². The summed E-state index contributed by atoms with van der Waals surface area (Å²) in [7, 11) is 0. The molecule has 0 amide bonds. The maximum atomic E-state index is 5.97. The van der Waals surface area contributed by atoms with Crippen molar-refractivity contribution < 1.29 is 0 Å². The third-order valence-corrected chi connectivity index (χ3v) is 5.80. The van der Waals surface area contributed by atoms with Gasteiger partial charge < -0.3 is 0 Å². The largest absolute Gasteiger partial charge is 0.0918 e. The van der Waals surface area contributed by atoms with Gasteiger partial charge in [0, 0.05) is 21.1 Å². The number of alkyl halides is 2. The molecule has 0 N–H and O–H groups in total. The van der Waals surface area contributed by atoms with E-state index in [1.807, 2.05) is 12.1 Å². The summed E-state index contributed by atoms with van der Waals surface area (Å²) in [6, 6.07) is 8.28. The van der Waals surface area contributed by atoms with Gasteiger partial charge in [-0.05, 0) is 30.0 Å². The maximum Gasteiger partial charge on any atom is 0.0406 e. The highest BCUT2D eigenvalue weighted by atomic mass is 79.9. The molecule has 0 aliphatic rings. The summed E-state index contributed by atoms with van der Waals surface area (Å²) in [6.45, 7) is 4.57. The quantitative estimate of drug-likeness (QED) is 0.482. The van der Waals surface area contributed by atoms with Crippen molar-refractivity contribution >= 4 is 43.5 Å². The molecule has 18 heavy (non-hydrogen) atoms. The molecular weight excluding hydrogens is 375 g/mol. The Morgan fingerprint density at radius 2 is 1.67 bits per heavy atom. The van der Waals surface area contributed by atoms with Crippen LogP contribution in [0.25, 0.3) is 0 Å². The van der Waals surface area contributed by atoms with E-state index in [-0.39, 0.29) is 5.41 Å². The zero-order valence-corrected chi connectivity index (χ0v) is 15.0. The maximum absolute atomic E-state index is 5.97. The van der Waals surface area contributed by atoms with E-state index in [0.29, 0.717) is 0 Å². The van der Waals surface area contributed by atoms with Gasteiger partial charge in [-0.3, -0.25) is 0 Å². The fraction of sp³-hybridized carbons (Fsp3) is 0.600. The van der Waals surface area contributed by atoms with Crippen LogP contribution >= 0.6 is 43.5 Å². The van der Waals surface area contributed by atoms with Gasteiger partial charge in [0.05, 0.1) is 0 Å². The van der Waals surface area contributed by atoms with E-state index in [0.717, 1.165) is 21.6 Å². The zero-order chi connectivity index (χ0) is 13.6. The van der Waals surface area contributed by atoms with Crippen LogP contribution < -0.4 is 0 Å². The molecule has 1 aromatic carbocycles. The second-order valence-corrected chi connectivity index (χ2v) is 6.90. The molecule has 0 saturated carbocycles. The molecule has 0 unspecified atom stereocenters. The number of hydrogen-bond donors (Lipinski definition) is 0. The van der Waals surface area contributed by atoms with Gasteiger partial charge in [-0.25, -0.2) is 0 Å². The minimum Gasteiger partial charge on any atom is -0.0918 e. The number of halogens is 3. The van der Waals surface area contributed by atoms with Gasteiger partial charge in [-0.15, -0.1) is 0 Å². The van der Waals surface area contributed by atoms with Gasteiger partial charge in [0.25, 0.3) is 0 Å². The normalized spacial score (nSPS) is 12.1. The van der Waals surface area contributed by atoms with E-state index in [2.05, 4.69) is 57.8 Å². The third-order valence-electron chi connectivity index (χ3n) is 3.40. The molecule has 0 fully saturated rings. The highest BCUT2D eigenvalue weighted by Crippen LogP contribution is 2.35. The molecule has 0 aromatic heterocycles. The van der Waals surface area contributed by atoms with Crippen LogP contribution in [0.15, 0.2) is 24.3 Å². The number of hydrogen-bond acceptors (Lipinski definition) is 0. The Kier molecular flexibility index (Phi) is 7.27. The summed E-state index contributed by atoms with van der Waals surface area (Å²) < 4.78 is 0. The first kappa shape index (κ1) is 16.5. The average Bonchev–Trinajstić information content (AvgIpc) is 2.36. The smallest absolute Gasteiger partial charge is 0.0406 e. The highest BCUT2D eigenvalue weighted by Gasteiger charge is 2.29. The molecule has 0 aliphatic carbocycles. The van der Waals surface area contributed by atoms with Crippen LogP contribution in [0.4, 0.5) is 0 Å². The van der Waals surface area contributed by atoms with E-state index in [4.69, 9.17) is 11.6 Å². The van der Waals surface area contributed by atoms with E-state index in [1.54, 1.807) is 0 Å². The van der Waals surface area contributed by atoms with Gasteiger partial charge in [-0.2, -0.15) is 0 Å². The lowest BCUT2D eigenvalue weighted by molar-refractivity contribution is 0.439. The summed E-state index contributed by atoms with van der Waals surface area (Å²) in [6.07, 6.45) is 3.75. The Hall–Kier alpha value is 0.470. The van der Waals surface area contributed by atoms with Crippen LogP contribution in [0, 0.1) is 5.92 Å². The van der Waals surface area contributed by atoms with Crippen LogP contribution in [0.1, 0.15) is 38.7 Å². The topological polar surface area (TPSA) is 0 Å². The third kappa shape index (κ3) is 4.54. The summed E-state index contributed by atoms with van der Waals surface area (Å²) >= 11 is 13.4. The van der Waals surface area contributed by atoms with E-state index < -0.39 is 0 Å². The Bertz CT molecular complexity index is 342. The molecule has 0 bridgehead atoms. The van der Waals surface area contributed by atoms with Gasteiger partial charge >= 0.3 is 0 Å². The first-order valence-electron chi connectivity index (χ1n) is 6.42. The standard InChI is InChI=1S/C15H21Br2Cl/c1-12(2)4-3-9-15(10-16,11-17)13-5-7-14(18)8-6-13/h5-8,12H,3-4,9-11H2,1-2H3. The fourth-order valence-corrected chi connectivity index (χ4v) is 4.38. The first-order valence-corrected chi connectivity index (χ1v) is 9.04. The number of rotatable bonds is 7. The van der Waals surface area contributed by atoms with Crippen molar-refractivity contribution in [2.24, 2.45) is 5.92 Å². The number of benzene rings is 1. The Balaban J connectivity index is 2.81. The first-order chi connectivity index (χ1) is 8.54. The predicted molar refractivity (Wildman–Crippen MR) is 89.4 cm³/mol. The zero-order valence-electron chi connectivity index (χ0n) is 11.1. The average molecular weight is 397 g/mol. The molecule has 0 atom stereocenters. The SMILES string of the molecule is CC(C)CCCC(CBr)(CBr)c1ccc(Cl)cc1. The molecule has 0 aliphatic heterocycles. The Labute approximate surface area is 133 Å². The molecule has 102 valence electrons. The molecule has 0 heterocycles. The summed E-state index contributed by atoms with van der Waals surface area (Å²) in [5, 5.41) is 2.76. The lowest BCUT2D eigenvalue weighted by Crippen LogP contribution is -2.30. The van der Waals surface area contributed by atoms with Crippen LogP contribution in [0.2, 0.25) is 5.02 Å². The van der Waals surface area contributed by atoms with Crippen LogP contribution in [0.3, 0.4) is 0 Å². The lowest BCUT2D eigenvalue weighted by atomic mass is 9.79. The fourth-order valence-electron chi connectivity index (χ4n) is 2.12. The predicted octanol–water partition coefficient (Wildman–Crippen LogP) is 6.19. The van der Waals surface area contributed by atoms with Crippen LogP contribution in [-0.2, 0) is 5.41 Å². The van der Waals surface area contributed by atoms with E-state index in [1.165, 1.54) is 24.8 Å². The van der Waals surface area contributed by atoms with Crippen molar-refractivity contribution in [1.82, 2.24) is 0 Å². The molecule has 1 aromatic rings. The lowest BCUT2D eigenvalue weighted by Gasteiger charge is -2.31. The van der Waals surface area contributed by atoms with Crippen molar-refractivity contribution in [3.05, 3.63) is 34.9 Å². The van der Waals surface area contributed by atoms with Crippen molar-refractivity contribution in [3.63, 3.8) is 0 Å². The van der Waals surface area contributed by atoms with Crippen molar-refractivity contribution in [2.45, 2.75) is 38.5 Å². The molecule has 1 rings (SSSR count). The van der Waals surface area contributed by atoms with Crippen molar-refractivity contribution in [2.75, 3.05) is 10.7 Å². The molecular formula is C15H21Br2Cl. The minimum absolute atomic E-state index is 0.180. The second-order valence-electron chi connectivity index (χ2n) is 5.34. The van der Waals surface area contributed by atoms with E-state index in [9.17, 15) is 0 Å². The highest BCUT2D eigenvalue weighted by molar-refractivity contribution is 9.09. The van der Waals surface area contributed by atoms with Gasteiger partial charge in [0.2, 0.25) is 0 Å². The molecule has 3 heteroatoms. The summed E-state index contributed by atoms with van der Waals surface area (Å²) in [5.74, 6) is 0.776. The van der Waals surface area contributed by atoms with Crippen molar-refractivity contribution in [1.29, 1.82) is 0 Å². The molecule has 0 saturated heterocycles. The van der Waals surface area contributed by atoms with Crippen LogP contribution in [0.5, 0.6) is 0 Å². The summed E-state index contributed by atoms with van der Waals surface area (Å²) in [4.78, 5) is 0. The molecule has 0 spiro atoms. The van der Waals surface area contributed by atoms with Gasteiger partial charge in [-0.1, -0.05) is 82.3 Å². The minimum atomic E-state index is 0.180. The molecule has 0 nitrogen and oxygen atoms in total. The van der Waals surface area contributed by atoms with E-state index >= 15 is 0 Å². The molecule has 0 radical (unpaired) electrons.